The first-order valence-electron chi connectivity index (χ1n) is 3.93. The van der Waals surface area contributed by atoms with Gasteiger partial charge in [0.25, 0.3) is 0 Å². The predicted molar refractivity (Wildman–Crippen MR) is 61.3 cm³/mol. The number of benzene rings is 1. The second-order valence-corrected chi connectivity index (χ2v) is 5.68. The fourth-order valence-electron chi connectivity index (χ4n) is 1.07. The standard InChI is InChI=1S/C10H12Br2/c1-10(12,8-11)7-9-5-3-2-4-6-9/h2-6H,7-8H2,1H3/t10-/m0/s1. The van der Waals surface area contributed by atoms with E-state index in [0.717, 1.165) is 11.8 Å². The second-order valence-electron chi connectivity index (χ2n) is 3.21. The maximum atomic E-state index is 3.67. The van der Waals surface area contributed by atoms with Gasteiger partial charge in [0.15, 0.2) is 0 Å². The number of alkyl halides is 2. The first-order valence-corrected chi connectivity index (χ1v) is 5.84. The molecular weight excluding hydrogens is 280 g/mol. The van der Waals surface area contributed by atoms with E-state index >= 15 is 0 Å². The quantitative estimate of drug-likeness (QED) is 0.744. The number of hydrogen-bond acceptors (Lipinski definition) is 0. The minimum atomic E-state index is 0.175. The fraction of sp³-hybridized carbons (Fsp3) is 0.400. The van der Waals surface area contributed by atoms with Crippen molar-refractivity contribution in [2.45, 2.75) is 17.7 Å². The van der Waals surface area contributed by atoms with Crippen molar-refractivity contribution in [3.63, 3.8) is 0 Å². The molecule has 0 radical (unpaired) electrons. The van der Waals surface area contributed by atoms with Gasteiger partial charge < -0.3 is 0 Å². The summed E-state index contributed by atoms with van der Waals surface area (Å²) in [5.41, 5.74) is 1.37. The molecule has 1 rings (SSSR count). The minimum absolute atomic E-state index is 0.175. The van der Waals surface area contributed by atoms with Gasteiger partial charge in [-0.1, -0.05) is 62.2 Å². The summed E-state index contributed by atoms with van der Waals surface area (Å²) < 4.78 is 0.175. The summed E-state index contributed by atoms with van der Waals surface area (Å²) in [4.78, 5) is 0. The van der Waals surface area contributed by atoms with Crippen LogP contribution < -0.4 is 0 Å². The lowest BCUT2D eigenvalue weighted by molar-refractivity contribution is 0.740. The van der Waals surface area contributed by atoms with Crippen LogP contribution in [0.5, 0.6) is 0 Å². The summed E-state index contributed by atoms with van der Waals surface area (Å²) in [6, 6.07) is 10.5. The van der Waals surface area contributed by atoms with Crippen molar-refractivity contribution in [2.24, 2.45) is 0 Å². The molecule has 0 N–H and O–H groups in total. The lowest BCUT2D eigenvalue weighted by Gasteiger charge is -2.18. The highest BCUT2D eigenvalue weighted by Crippen LogP contribution is 2.24. The van der Waals surface area contributed by atoms with Crippen molar-refractivity contribution in [2.75, 3.05) is 5.33 Å². The minimum Gasteiger partial charge on any atom is -0.0913 e. The molecule has 0 nitrogen and oxygen atoms in total. The summed E-state index contributed by atoms with van der Waals surface area (Å²) >= 11 is 7.15. The average Bonchev–Trinajstić information content (AvgIpc) is 2.06. The lowest BCUT2D eigenvalue weighted by atomic mass is 10.0. The Labute approximate surface area is 90.6 Å². The van der Waals surface area contributed by atoms with Crippen LogP contribution in [0.4, 0.5) is 0 Å². The molecule has 0 saturated carbocycles. The summed E-state index contributed by atoms with van der Waals surface area (Å²) in [7, 11) is 0. The number of hydrogen-bond donors (Lipinski definition) is 0. The predicted octanol–water partition coefficient (Wildman–Crippen LogP) is 3.78. The van der Waals surface area contributed by atoms with Crippen molar-refractivity contribution >= 4 is 31.9 Å². The number of rotatable bonds is 3. The molecule has 1 aromatic carbocycles. The molecule has 0 spiro atoms. The molecule has 0 aliphatic rings. The van der Waals surface area contributed by atoms with Crippen molar-refractivity contribution in [1.29, 1.82) is 0 Å². The third kappa shape index (κ3) is 3.28. The van der Waals surface area contributed by atoms with Crippen LogP contribution in [0.1, 0.15) is 12.5 Å². The Morgan fingerprint density at radius 3 is 2.33 bits per heavy atom. The third-order valence-corrected chi connectivity index (χ3v) is 4.24. The van der Waals surface area contributed by atoms with Gasteiger partial charge >= 0.3 is 0 Å². The van der Waals surface area contributed by atoms with Crippen LogP contribution in [-0.4, -0.2) is 9.65 Å². The Hall–Kier alpha value is 0.180. The number of halogens is 2. The van der Waals surface area contributed by atoms with E-state index in [1.54, 1.807) is 0 Å². The molecule has 0 bridgehead atoms. The van der Waals surface area contributed by atoms with E-state index < -0.39 is 0 Å². The molecule has 66 valence electrons. The summed E-state index contributed by atoms with van der Waals surface area (Å²) in [5.74, 6) is 0. The molecule has 2 heteroatoms. The van der Waals surface area contributed by atoms with E-state index in [0.29, 0.717) is 0 Å². The summed E-state index contributed by atoms with van der Waals surface area (Å²) in [5, 5.41) is 0.967. The van der Waals surface area contributed by atoms with Crippen LogP contribution in [0.15, 0.2) is 30.3 Å². The molecule has 0 aromatic heterocycles. The van der Waals surface area contributed by atoms with Crippen molar-refractivity contribution in [3.8, 4) is 0 Å². The van der Waals surface area contributed by atoms with E-state index in [9.17, 15) is 0 Å². The first-order chi connectivity index (χ1) is 5.64. The monoisotopic (exact) mass is 290 g/mol. The largest absolute Gasteiger partial charge is 0.0913 e. The maximum Gasteiger partial charge on any atom is 0.0366 e. The summed E-state index contributed by atoms with van der Waals surface area (Å²) in [6.45, 7) is 2.19. The van der Waals surface area contributed by atoms with Gasteiger partial charge in [-0.3, -0.25) is 0 Å². The van der Waals surface area contributed by atoms with E-state index in [1.165, 1.54) is 5.56 Å². The van der Waals surface area contributed by atoms with Crippen molar-refractivity contribution in [1.82, 2.24) is 0 Å². The molecule has 12 heavy (non-hydrogen) atoms. The van der Waals surface area contributed by atoms with E-state index in [-0.39, 0.29) is 4.32 Å². The van der Waals surface area contributed by atoms with Gasteiger partial charge in [-0.25, -0.2) is 0 Å². The molecule has 0 heterocycles. The van der Waals surface area contributed by atoms with Gasteiger partial charge in [0.2, 0.25) is 0 Å². The Bertz CT molecular complexity index is 229. The topological polar surface area (TPSA) is 0 Å². The highest BCUT2D eigenvalue weighted by Gasteiger charge is 2.18. The van der Waals surface area contributed by atoms with Crippen LogP contribution in [-0.2, 0) is 6.42 Å². The van der Waals surface area contributed by atoms with Crippen LogP contribution in [0.3, 0.4) is 0 Å². The summed E-state index contributed by atoms with van der Waals surface area (Å²) in [6.07, 6.45) is 1.05. The van der Waals surface area contributed by atoms with E-state index in [2.05, 4.69) is 63.0 Å². The van der Waals surface area contributed by atoms with Gasteiger partial charge in [-0.15, -0.1) is 0 Å². The highest BCUT2D eigenvalue weighted by molar-refractivity contribution is 9.12. The van der Waals surface area contributed by atoms with Crippen LogP contribution in [0.2, 0.25) is 0 Å². The Morgan fingerprint density at radius 1 is 1.25 bits per heavy atom. The Morgan fingerprint density at radius 2 is 1.83 bits per heavy atom. The SMILES string of the molecule is C[C@@](Br)(CBr)Cc1ccccc1. The zero-order valence-electron chi connectivity index (χ0n) is 7.06. The van der Waals surface area contributed by atoms with E-state index in [1.807, 2.05) is 6.07 Å². The van der Waals surface area contributed by atoms with Gasteiger partial charge in [0, 0.05) is 9.65 Å². The van der Waals surface area contributed by atoms with Crippen LogP contribution in [0.25, 0.3) is 0 Å². The third-order valence-electron chi connectivity index (χ3n) is 1.69. The molecule has 0 aliphatic carbocycles. The highest BCUT2D eigenvalue weighted by atomic mass is 79.9. The van der Waals surface area contributed by atoms with Crippen molar-refractivity contribution < 1.29 is 0 Å². The smallest absolute Gasteiger partial charge is 0.0366 e. The van der Waals surface area contributed by atoms with Gasteiger partial charge in [-0.2, -0.15) is 0 Å². The normalized spacial score (nSPS) is 15.6. The molecule has 1 atom stereocenters. The Balaban J connectivity index is 2.64. The molecule has 0 amide bonds. The zero-order chi connectivity index (χ0) is 9.03. The average molecular weight is 292 g/mol. The first kappa shape index (κ1) is 10.3. The molecule has 1 aromatic rings. The van der Waals surface area contributed by atoms with Gasteiger partial charge in [-0.05, 0) is 18.9 Å². The maximum absolute atomic E-state index is 3.67. The molecule has 0 fully saturated rings. The fourth-order valence-corrected chi connectivity index (χ4v) is 1.59. The van der Waals surface area contributed by atoms with E-state index in [4.69, 9.17) is 0 Å². The molecule has 0 saturated heterocycles. The second kappa shape index (κ2) is 4.43. The van der Waals surface area contributed by atoms with Crippen LogP contribution >= 0.6 is 31.9 Å². The Kier molecular flexibility index (Phi) is 3.78. The molecular formula is C10H12Br2. The lowest BCUT2D eigenvalue weighted by Crippen LogP contribution is -2.20. The molecule has 0 unspecified atom stereocenters. The van der Waals surface area contributed by atoms with Crippen LogP contribution in [0, 0.1) is 0 Å². The van der Waals surface area contributed by atoms with Gasteiger partial charge in [0.05, 0.1) is 0 Å². The van der Waals surface area contributed by atoms with Crippen molar-refractivity contribution in [3.05, 3.63) is 35.9 Å². The molecule has 0 aliphatic heterocycles. The zero-order valence-corrected chi connectivity index (χ0v) is 10.2. The van der Waals surface area contributed by atoms with Gasteiger partial charge in [0.1, 0.15) is 0 Å².